The fourth-order valence-corrected chi connectivity index (χ4v) is 2.74. The van der Waals surface area contributed by atoms with Gasteiger partial charge in [0.05, 0.1) is 6.54 Å². The Balaban J connectivity index is 1.55. The molecule has 4 heteroatoms. The lowest BCUT2D eigenvalue weighted by Gasteiger charge is -2.24. The molecule has 0 saturated heterocycles. The number of aliphatic hydroxyl groups is 1. The molecule has 1 unspecified atom stereocenters. The summed E-state index contributed by atoms with van der Waals surface area (Å²) in [7, 11) is 0. The molecule has 0 bridgehead atoms. The van der Waals surface area contributed by atoms with Crippen molar-refractivity contribution in [1.82, 2.24) is 5.32 Å². The quantitative estimate of drug-likeness (QED) is 0.674. The number of hydrogen-bond donors (Lipinski definition) is 2. The summed E-state index contributed by atoms with van der Waals surface area (Å²) in [5.74, 6) is 0.357. The second kappa shape index (κ2) is 8.52. The van der Waals surface area contributed by atoms with Crippen molar-refractivity contribution in [2.75, 3.05) is 13.2 Å². The second-order valence-electron chi connectivity index (χ2n) is 6.60. The van der Waals surface area contributed by atoms with Gasteiger partial charge in [0.1, 0.15) is 11.4 Å². The Morgan fingerprint density at radius 2 is 1.44 bits per heavy atom. The first kappa shape index (κ1) is 18.7. The Morgan fingerprint density at radius 1 is 0.889 bits per heavy atom. The highest BCUT2D eigenvalue weighted by molar-refractivity contribution is 5.77. The number of para-hydroxylation sites is 1. The molecular formula is C23H23NO3. The van der Waals surface area contributed by atoms with Gasteiger partial charge in [-0.25, -0.2) is 0 Å². The fourth-order valence-electron chi connectivity index (χ4n) is 2.74. The predicted octanol–water partition coefficient (Wildman–Crippen LogP) is 3.76. The first-order valence-electron chi connectivity index (χ1n) is 8.87. The molecule has 27 heavy (non-hydrogen) atoms. The van der Waals surface area contributed by atoms with Crippen LogP contribution >= 0.6 is 0 Å². The van der Waals surface area contributed by atoms with E-state index in [0.29, 0.717) is 5.75 Å². The van der Waals surface area contributed by atoms with Gasteiger partial charge < -0.3 is 15.2 Å². The third-order valence-corrected chi connectivity index (χ3v) is 4.36. The summed E-state index contributed by atoms with van der Waals surface area (Å²) in [5.41, 5.74) is 1.77. The summed E-state index contributed by atoms with van der Waals surface area (Å²) in [4.78, 5) is 12.0. The summed E-state index contributed by atoms with van der Waals surface area (Å²) in [6.07, 6.45) is 0. The first-order valence-corrected chi connectivity index (χ1v) is 8.87. The Kier molecular flexibility index (Phi) is 5.89. The van der Waals surface area contributed by atoms with Crippen LogP contribution in [0.1, 0.15) is 12.5 Å². The van der Waals surface area contributed by atoms with E-state index in [1.54, 1.807) is 19.1 Å². The molecule has 1 amide bonds. The molecule has 0 heterocycles. The van der Waals surface area contributed by atoms with Crippen molar-refractivity contribution >= 4 is 5.91 Å². The predicted molar refractivity (Wildman–Crippen MR) is 106 cm³/mol. The van der Waals surface area contributed by atoms with Crippen molar-refractivity contribution in [3.8, 4) is 16.9 Å². The number of carbonyl (C=O) groups excluding carboxylic acids is 1. The van der Waals surface area contributed by atoms with Crippen LogP contribution in [0, 0.1) is 0 Å². The Morgan fingerprint density at radius 3 is 2.07 bits per heavy atom. The van der Waals surface area contributed by atoms with Crippen molar-refractivity contribution in [1.29, 1.82) is 0 Å². The maximum Gasteiger partial charge on any atom is 0.258 e. The second-order valence-corrected chi connectivity index (χ2v) is 6.60. The van der Waals surface area contributed by atoms with Crippen LogP contribution in [0.15, 0.2) is 84.9 Å². The molecule has 0 fully saturated rings. The summed E-state index contributed by atoms with van der Waals surface area (Å²) in [6.45, 7) is 1.70. The van der Waals surface area contributed by atoms with Crippen LogP contribution in [0.5, 0.6) is 5.75 Å². The number of hydrogen-bond acceptors (Lipinski definition) is 3. The first-order chi connectivity index (χ1) is 13.0. The van der Waals surface area contributed by atoms with Crippen LogP contribution in [-0.4, -0.2) is 24.2 Å². The third-order valence-electron chi connectivity index (χ3n) is 4.36. The fraction of sp³-hybridized carbons (Fsp3) is 0.174. The van der Waals surface area contributed by atoms with E-state index < -0.39 is 5.60 Å². The minimum atomic E-state index is -1.17. The van der Waals surface area contributed by atoms with Crippen molar-refractivity contribution in [3.05, 3.63) is 90.5 Å². The molecule has 3 rings (SSSR count). The zero-order valence-corrected chi connectivity index (χ0v) is 15.3. The average Bonchev–Trinajstić information content (AvgIpc) is 2.72. The molecule has 138 valence electrons. The number of rotatable bonds is 7. The number of amides is 1. The zero-order valence-electron chi connectivity index (χ0n) is 15.3. The highest BCUT2D eigenvalue weighted by Gasteiger charge is 2.23. The van der Waals surface area contributed by atoms with Gasteiger partial charge in [-0.3, -0.25) is 4.79 Å². The Hall–Kier alpha value is -3.11. The van der Waals surface area contributed by atoms with E-state index in [2.05, 4.69) is 5.32 Å². The SMILES string of the molecule is CC(O)(CNC(=O)COc1ccccc1)c1ccc(-c2ccccc2)cc1. The normalized spacial score (nSPS) is 12.8. The lowest BCUT2D eigenvalue weighted by molar-refractivity contribution is -0.124. The van der Waals surface area contributed by atoms with Crippen LogP contribution in [0.25, 0.3) is 11.1 Å². The average molecular weight is 361 g/mol. The summed E-state index contributed by atoms with van der Waals surface area (Å²) >= 11 is 0. The maximum atomic E-state index is 12.0. The van der Waals surface area contributed by atoms with Gasteiger partial charge in [0.25, 0.3) is 5.91 Å². The molecule has 4 nitrogen and oxygen atoms in total. The molecule has 1 atom stereocenters. The van der Waals surface area contributed by atoms with E-state index in [1.807, 2.05) is 72.8 Å². The van der Waals surface area contributed by atoms with Crippen LogP contribution in [0.4, 0.5) is 0 Å². The van der Waals surface area contributed by atoms with Crippen molar-refractivity contribution in [2.24, 2.45) is 0 Å². The minimum Gasteiger partial charge on any atom is -0.484 e. The van der Waals surface area contributed by atoms with Gasteiger partial charge in [0.2, 0.25) is 0 Å². The van der Waals surface area contributed by atoms with E-state index in [0.717, 1.165) is 16.7 Å². The molecule has 0 spiro atoms. The lowest BCUT2D eigenvalue weighted by Crippen LogP contribution is -2.40. The van der Waals surface area contributed by atoms with Crippen LogP contribution in [-0.2, 0) is 10.4 Å². The van der Waals surface area contributed by atoms with Gasteiger partial charge in [-0.05, 0) is 35.7 Å². The zero-order chi connectivity index (χ0) is 19.1. The largest absolute Gasteiger partial charge is 0.484 e. The van der Waals surface area contributed by atoms with Crippen molar-refractivity contribution in [3.63, 3.8) is 0 Å². The van der Waals surface area contributed by atoms with E-state index >= 15 is 0 Å². The number of ether oxygens (including phenoxy) is 1. The molecule has 0 aliphatic rings. The van der Waals surface area contributed by atoms with E-state index in [9.17, 15) is 9.90 Å². The minimum absolute atomic E-state index is 0.0902. The summed E-state index contributed by atoms with van der Waals surface area (Å²) in [5, 5.41) is 13.4. The number of carbonyl (C=O) groups is 1. The van der Waals surface area contributed by atoms with Crippen LogP contribution in [0.3, 0.4) is 0 Å². The van der Waals surface area contributed by atoms with Crippen molar-refractivity contribution in [2.45, 2.75) is 12.5 Å². The van der Waals surface area contributed by atoms with Gasteiger partial charge in [-0.15, -0.1) is 0 Å². The smallest absolute Gasteiger partial charge is 0.258 e. The molecule has 0 aliphatic carbocycles. The topological polar surface area (TPSA) is 58.6 Å². The molecule has 3 aromatic carbocycles. The van der Waals surface area contributed by atoms with Gasteiger partial charge >= 0.3 is 0 Å². The van der Waals surface area contributed by atoms with Gasteiger partial charge in [0.15, 0.2) is 6.61 Å². The monoisotopic (exact) mass is 361 g/mol. The molecule has 2 N–H and O–H groups in total. The van der Waals surface area contributed by atoms with Gasteiger partial charge in [-0.1, -0.05) is 72.8 Å². The van der Waals surface area contributed by atoms with Gasteiger partial charge in [0, 0.05) is 0 Å². The van der Waals surface area contributed by atoms with Gasteiger partial charge in [-0.2, -0.15) is 0 Å². The Labute approximate surface area is 159 Å². The highest BCUT2D eigenvalue weighted by atomic mass is 16.5. The Bertz CT molecular complexity index is 859. The standard InChI is InChI=1S/C23H23NO3/c1-23(26,17-24-22(25)16-27-21-10-6-3-7-11-21)20-14-12-19(13-15-20)18-8-4-2-5-9-18/h2-15,26H,16-17H2,1H3,(H,24,25). The van der Waals surface area contributed by atoms with E-state index in [-0.39, 0.29) is 19.1 Å². The van der Waals surface area contributed by atoms with Crippen LogP contribution < -0.4 is 10.1 Å². The maximum absolute atomic E-state index is 12.0. The number of benzene rings is 3. The number of nitrogens with one attached hydrogen (secondary N) is 1. The van der Waals surface area contributed by atoms with E-state index in [4.69, 9.17) is 4.74 Å². The summed E-state index contributed by atoms with van der Waals surface area (Å²) in [6, 6.07) is 26.9. The molecule has 0 aromatic heterocycles. The molecule has 0 saturated carbocycles. The molecule has 0 aliphatic heterocycles. The third kappa shape index (κ3) is 5.19. The lowest BCUT2D eigenvalue weighted by atomic mass is 9.93. The van der Waals surface area contributed by atoms with E-state index in [1.165, 1.54) is 0 Å². The molecular weight excluding hydrogens is 338 g/mol. The molecule has 0 radical (unpaired) electrons. The molecule has 3 aromatic rings. The summed E-state index contributed by atoms with van der Waals surface area (Å²) < 4.78 is 5.41. The van der Waals surface area contributed by atoms with Crippen molar-refractivity contribution < 1.29 is 14.6 Å². The van der Waals surface area contributed by atoms with Crippen LogP contribution in [0.2, 0.25) is 0 Å². The highest BCUT2D eigenvalue weighted by Crippen LogP contribution is 2.24.